The van der Waals surface area contributed by atoms with E-state index in [4.69, 9.17) is 0 Å². The van der Waals surface area contributed by atoms with Gasteiger partial charge in [0.05, 0.1) is 6.07 Å². The molecule has 0 saturated heterocycles. The minimum atomic E-state index is -0.253. The van der Waals surface area contributed by atoms with E-state index in [0.717, 1.165) is 31.7 Å². The first-order valence-electron chi connectivity index (χ1n) is 7.00. The van der Waals surface area contributed by atoms with Gasteiger partial charge in [-0.1, -0.05) is 6.92 Å². The van der Waals surface area contributed by atoms with Crippen molar-refractivity contribution in [3.8, 4) is 6.07 Å². The van der Waals surface area contributed by atoms with Gasteiger partial charge in [-0.25, -0.2) is 0 Å². The average molecular weight is 235 g/mol. The van der Waals surface area contributed by atoms with Crippen LogP contribution >= 0.6 is 0 Å². The van der Waals surface area contributed by atoms with E-state index in [1.165, 1.54) is 12.8 Å². The van der Waals surface area contributed by atoms with Gasteiger partial charge in [-0.05, 0) is 58.5 Å². The number of hydrogen-bond acceptors (Lipinski definition) is 3. The van der Waals surface area contributed by atoms with Gasteiger partial charge in [0.15, 0.2) is 0 Å². The van der Waals surface area contributed by atoms with Gasteiger partial charge in [0.1, 0.15) is 5.54 Å². The standard InChI is InChI=1S/C14H25N3/c1-4-16-14(10-15)8-7-13(9-14)17(3)11(2)12-5-6-12/h11-13,16H,4-9H2,1-3H3. The van der Waals surface area contributed by atoms with Crippen molar-refractivity contribution in [3.63, 3.8) is 0 Å². The van der Waals surface area contributed by atoms with Crippen LogP contribution in [0.2, 0.25) is 0 Å². The Morgan fingerprint density at radius 2 is 2.18 bits per heavy atom. The van der Waals surface area contributed by atoms with Crippen molar-refractivity contribution < 1.29 is 0 Å². The van der Waals surface area contributed by atoms with Gasteiger partial charge in [-0.2, -0.15) is 5.26 Å². The third-order valence-electron chi connectivity index (χ3n) is 4.74. The van der Waals surface area contributed by atoms with Crippen LogP contribution in [0.4, 0.5) is 0 Å². The molecule has 2 rings (SSSR count). The van der Waals surface area contributed by atoms with Gasteiger partial charge in [-0.15, -0.1) is 0 Å². The number of hydrogen-bond donors (Lipinski definition) is 1. The van der Waals surface area contributed by atoms with E-state index >= 15 is 0 Å². The van der Waals surface area contributed by atoms with Crippen LogP contribution in [0, 0.1) is 17.2 Å². The van der Waals surface area contributed by atoms with Gasteiger partial charge in [-0.3, -0.25) is 5.32 Å². The molecule has 0 aliphatic heterocycles. The molecule has 17 heavy (non-hydrogen) atoms. The maximum Gasteiger partial charge on any atom is 0.108 e. The molecule has 3 atom stereocenters. The van der Waals surface area contributed by atoms with E-state index in [1.807, 2.05) is 0 Å². The van der Waals surface area contributed by atoms with Gasteiger partial charge in [0.25, 0.3) is 0 Å². The molecule has 2 aliphatic carbocycles. The molecule has 2 saturated carbocycles. The fourth-order valence-electron chi connectivity index (χ4n) is 3.25. The number of nitrogens with zero attached hydrogens (tertiary/aromatic N) is 2. The van der Waals surface area contributed by atoms with Crippen molar-refractivity contribution >= 4 is 0 Å². The quantitative estimate of drug-likeness (QED) is 0.793. The predicted molar refractivity (Wildman–Crippen MR) is 69.6 cm³/mol. The summed E-state index contributed by atoms with van der Waals surface area (Å²) in [7, 11) is 2.24. The molecular weight excluding hydrogens is 210 g/mol. The van der Waals surface area contributed by atoms with E-state index in [1.54, 1.807) is 0 Å². The summed E-state index contributed by atoms with van der Waals surface area (Å²) in [6.07, 6.45) is 5.95. The summed E-state index contributed by atoms with van der Waals surface area (Å²) in [6, 6.07) is 3.79. The number of rotatable bonds is 5. The second-order valence-electron chi connectivity index (χ2n) is 5.86. The van der Waals surface area contributed by atoms with E-state index in [0.29, 0.717) is 12.1 Å². The Balaban J connectivity index is 1.94. The molecule has 0 amide bonds. The van der Waals surface area contributed by atoms with Crippen molar-refractivity contribution in [2.24, 2.45) is 5.92 Å². The number of nitrogens with one attached hydrogen (secondary N) is 1. The Bertz CT molecular complexity index is 305. The van der Waals surface area contributed by atoms with E-state index in [-0.39, 0.29) is 5.54 Å². The van der Waals surface area contributed by atoms with Crippen molar-refractivity contribution in [3.05, 3.63) is 0 Å². The molecule has 0 spiro atoms. The fourth-order valence-corrected chi connectivity index (χ4v) is 3.25. The maximum absolute atomic E-state index is 9.38. The van der Waals surface area contributed by atoms with Crippen molar-refractivity contribution in [1.82, 2.24) is 10.2 Å². The Kier molecular flexibility index (Phi) is 3.75. The van der Waals surface area contributed by atoms with Crippen LogP contribution in [-0.2, 0) is 0 Å². The Morgan fingerprint density at radius 3 is 2.71 bits per heavy atom. The first-order valence-corrected chi connectivity index (χ1v) is 7.00. The third-order valence-corrected chi connectivity index (χ3v) is 4.74. The summed E-state index contributed by atoms with van der Waals surface area (Å²) in [5.74, 6) is 0.913. The maximum atomic E-state index is 9.38. The lowest BCUT2D eigenvalue weighted by Gasteiger charge is -2.32. The lowest BCUT2D eigenvalue weighted by atomic mass is 9.99. The van der Waals surface area contributed by atoms with Crippen LogP contribution in [0.5, 0.6) is 0 Å². The Morgan fingerprint density at radius 1 is 1.47 bits per heavy atom. The first kappa shape index (κ1) is 12.9. The first-order chi connectivity index (χ1) is 8.12. The number of nitriles is 1. The zero-order valence-electron chi connectivity index (χ0n) is 11.4. The largest absolute Gasteiger partial charge is 0.300 e. The smallest absolute Gasteiger partial charge is 0.108 e. The van der Waals surface area contributed by atoms with Gasteiger partial charge >= 0.3 is 0 Å². The molecule has 0 heterocycles. The molecule has 0 aromatic heterocycles. The second-order valence-corrected chi connectivity index (χ2v) is 5.86. The zero-order valence-corrected chi connectivity index (χ0v) is 11.4. The van der Waals surface area contributed by atoms with Crippen LogP contribution in [-0.4, -0.2) is 36.1 Å². The fraction of sp³-hybridized carbons (Fsp3) is 0.929. The molecule has 0 aromatic carbocycles. The normalized spacial score (nSPS) is 34.9. The van der Waals surface area contributed by atoms with E-state index in [9.17, 15) is 5.26 Å². The second kappa shape index (κ2) is 4.96. The Hall–Kier alpha value is -0.590. The summed E-state index contributed by atoms with van der Waals surface area (Å²) in [4.78, 5) is 2.52. The minimum Gasteiger partial charge on any atom is -0.300 e. The summed E-state index contributed by atoms with van der Waals surface area (Å²) >= 11 is 0. The third kappa shape index (κ3) is 2.64. The van der Waals surface area contributed by atoms with Gasteiger partial charge in [0.2, 0.25) is 0 Å². The summed E-state index contributed by atoms with van der Waals surface area (Å²) < 4.78 is 0. The molecule has 2 aliphatic rings. The van der Waals surface area contributed by atoms with Gasteiger partial charge in [0, 0.05) is 12.1 Å². The van der Waals surface area contributed by atoms with E-state index < -0.39 is 0 Å². The molecule has 3 unspecified atom stereocenters. The van der Waals surface area contributed by atoms with Crippen LogP contribution in [0.1, 0.15) is 46.0 Å². The zero-order chi connectivity index (χ0) is 12.5. The monoisotopic (exact) mass is 235 g/mol. The molecule has 0 radical (unpaired) electrons. The molecule has 2 fully saturated rings. The topological polar surface area (TPSA) is 39.1 Å². The molecular formula is C14H25N3. The highest BCUT2D eigenvalue weighted by molar-refractivity contribution is 5.13. The lowest BCUT2D eigenvalue weighted by Crippen LogP contribution is -2.45. The summed E-state index contributed by atoms with van der Waals surface area (Å²) in [5, 5.41) is 12.8. The highest BCUT2D eigenvalue weighted by Gasteiger charge is 2.42. The molecule has 3 nitrogen and oxygen atoms in total. The van der Waals surface area contributed by atoms with Crippen LogP contribution in [0.25, 0.3) is 0 Å². The van der Waals surface area contributed by atoms with Crippen molar-refractivity contribution in [1.29, 1.82) is 5.26 Å². The predicted octanol–water partition coefficient (Wildman–Crippen LogP) is 2.14. The molecule has 96 valence electrons. The average Bonchev–Trinajstić information content (AvgIpc) is 3.10. The van der Waals surface area contributed by atoms with Crippen LogP contribution < -0.4 is 5.32 Å². The Labute approximate surface area is 105 Å². The molecule has 1 N–H and O–H groups in total. The van der Waals surface area contributed by atoms with Crippen molar-refractivity contribution in [2.45, 2.75) is 63.6 Å². The SMILES string of the molecule is CCNC1(C#N)CCC(N(C)C(C)C2CC2)C1. The molecule has 0 aromatic rings. The van der Waals surface area contributed by atoms with Crippen molar-refractivity contribution in [2.75, 3.05) is 13.6 Å². The molecule has 0 bridgehead atoms. The molecule has 3 heteroatoms. The highest BCUT2D eigenvalue weighted by Crippen LogP contribution is 2.39. The summed E-state index contributed by atoms with van der Waals surface area (Å²) in [6.45, 7) is 5.32. The highest BCUT2D eigenvalue weighted by atomic mass is 15.2. The van der Waals surface area contributed by atoms with Crippen LogP contribution in [0.15, 0.2) is 0 Å². The minimum absolute atomic E-state index is 0.253. The lowest BCUT2D eigenvalue weighted by molar-refractivity contribution is 0.164. The summed E-state index contributed by atoms with van der Waals surface area (Å²) in [5.41, 5.74) is -0.253. The van der Waals surface area contributed by atoms with Crippen LogP contribution in [0.3, 0.4) is 0 Å². The van der Waals surface area contributed by atoms with E-state index in [2.05, 4.69) is 37.2 Å². The van der Waals surface area contributed by atoms with Gasteiger partial charge < -0.3 is 4.90 Å².